The first-order valence-corrected chi connectivity index (χ1v) is 10.2. The van der Waals surface area contributed by atoms with Crippen molar-refractivity contribution < 1.29 is 13.6 Å². The molecule has 2 N–H and O–H groups in total. The van der Waals surface area contributed by atoms with Gasteiger partial charge in [0.05, 0.1) is 17.5 Å². The predicted molar refractivity (Wildman–Crippen MR) is 103 cm³/mol. The molecule has 5 nitrogen and oxygen atoms in total. The molecular formula is C21H26F2N4O. The Kier molecular flexibility index (Phi) is 5.71. The fraction of sp³-hybridized carbons (Fsp3) is 0.524. The van der Waals surface area contributed by atoms with E-state index in [1.807, 2.05) is 0 Å². The number of rotatable bonds is 4. The molecule has 2 fully saturated rings. The molecule has 4 rings (SSSR count). The molecule has 1 aromatic heterocycles. The predicted octanol–water partition coefficient (Wildman–Crippen LogP) is 3.68. The Bertz CT molecular complexity index is 839. The van der Waals surface area contributed by atoms with Gasteiger partial charge in [0.2, 0.25) is 0 Å². The van der Waals surface area contributed by atoms with Crippen molar-refractivity contribution in [1.29, 1.82) is 0 Å². The minimum atomic E-state index is -0.683. The normalized spacial score (nSPS) is 18.9. The quantitative estimate of drug-likeness (QED) is 0.840. The third kappa shape index (κ3) is 3.94. The maximum Gasteiger partial charge on any atom is 0.255 e. The van der Waals surface area contributed by atoms with Gasteiger partial charge in [-0.15, -0.1) is 0 Å². The summed E-state index contributed by atoms with van der Waals surface area (Å²) in [6.45, 7) is 1.68. The van der Waals surface area contributed by atoms with Crippen LogP contribution in [0.3, 0.4) is 0 Å². The van der Waals surface area contributed by atoms with Gasteiger partial charge < -0.3 is 10.6 Å². The molecule has 0 radical (unpaired) electrons. The fourth-order valence-corrected chi connectivity index (χ4v) is 4.38. The minimum Gasteiger partial charge on any atom is -0.349 e. The summed E-state index contributed by atoms with van der Waals surface area (Å²) >= 11 is 0. The molecule has 0 atom stereocenters. The molecular weight excluding hydrogens is 362 g/mol. The summed E-state index contributed by atoms with van der Waals surface area (Å²) in [6, 6.07) is 3.64. The molecule has 2 aromatic rings. The van der Waals surface area contributed by atoms with Crippen LogP contribution in [0.2, 0.25) is 0 Å². The molecule has 1 saturated carbocycles. The van der Waals surface area contributed by atoms with E-state index in [0.717, 1.165) is 63.4 Å². The van der Waals surface area contributed by atoms with E-state index in [-0.39, 0.29) is 23.6 Å². The van der Waals surface area contributed by atoms with Crippen molar-refractivity contribution >= 4 is 5.91 Å². The van der Waals surface area contributed by atoms with Crippen molar-refractivity contribution in [2.75, 3.05) is 13.1 Å². The molecule has 2 aliphatic rings. The van der Waals surface area contributed by atoms with Gasteiger partial charge in [-0.1, -0.05) is 19.3 Å². The van der Waals surface area contributed by atoms with E-state index >= 15 is 0 Å². The van der Waals surface area contributed by atoms with Gasteiger partial charge in [-0.2, -0.15) is 5.10 Å². The highest BCUT2D eigenvalue weighted by Crippen LogP contribution is 2.31. The second kappa shape index (κ2) is 8.39. The maximum absolute atomic E-state index is 14.5. The first kappa shape index (κ1) is 19.1. The van der Waals surface area contributed by atoms with Crippen LogP contribution >= 0.6 is 0 Å². The number of carbonyl (C=O) groups excluding carboxylic acids is 1. The average Bonchev–Trinajstić information content (AvgIpc) is 3.14. The number of nitrogens with zero attached hydrogens (tertiary/aromatic N) is 2. The van der Waals surface area contributed by atoms with Crippen molar-refractivity contribution in [1.82, 2.24) is 20.4 Å². The number of nitrogens with one attached hydrogen (secondary N) is 2. The van der Waals surface area contributed by atoms with Crippen molar-refractivity contribution in [2.45, 2.75) is 56.9 Å². The largest absolute Gasteiger partial charge is 0.349 e. The molecule has 0 bridgehead atoms. The van der Waals surface area contributed by atoms with Gasteiger partial charge in [0.25, 0.3) is 5.91 Å². The Balaban J connectivity index is 1.69. The third-order valence-corrected chi connectivity index (χ3v) is 5.86. The molecule has 150 valence electrons. The van der Waals surface area contributed by atoms with E-state index in [0.29, 0.717) is 5.56 Å². The zero-order valence-electron chi connectivity index (χ0n) is 15.9. The number of hydrogen-bond acceptors (Lipinski definition) is 3. The highest BCUT2D eigenvalue weighted by atomic mass is 19.1. The Labute approximate surface area is 163 Å². The molecule has 1 saturated heterocycles. The van der Waals surface area contributed by atoms with Gasteiger partial charge in [-0.25, -0.2) is 13.5 Å². The summed E-state index contributed by atoms with van der Waals surface area (Å²) in [5.41, 5.74) is 1.40. The number of aromatic nitrogens is 2. The first-order valence-electron chi connectivity index (χ1n) is 10.2. The molecule has 1 aromatic carbocycles. The first-order chi connectivity index (χ1) is 13.6. The number of hydrogen-bond donors (Lipinski definition) is 2. The second-order valence-corrected chi connectivity index (χ2v) is 7.78. The fourth-order valence-electron chi connectivity index (χ4n) is 4.38. The molecule has 7 heteroatoms. The number of amides is 1. The monoisotopic (exact) mass is 388 g/mol. The van der Waals surface area contributed by atoms with Crippen LogP contribution < -0.4 is 10.6 Å². The molecule has 0 spiro atoms. The standard InChI is InChI=1S/C21H26F2N4O/c22-15-6-7-19(18(23)12-15)27-20(14-8-10-24-11-9-14)17(13-25-27)21(28)26-16-4-2-1-3-5-16/h6-7,12-14,16,24H,1-5,8-11H2,(H,26,28). The summed E-state index contributed by atoms with van der Waals surface area (Å²) < 4.78 is 29.3. The van der Waals surface area contributed by atoms with Crippen LogP contribution in [0.15, 0.2) is 24.4 Å². The van der Waals surface area contributed by atoms with Crippen LogP contribution in [-0.4, -0.2) is 34.8 Å². The topological polar surface area (TPSA) is 59.0 Å². The SMILES string of the molecule is O=C(NC1CCCCC1)c1cnn(-c2ccc(F)cc2F)c1C1CCNCC1. The summed E-state index contributed by atoms with van der Waals surface area (Å²) in [5, 5.41) is 10.8. The lowest BCUT2D eigenvalue weighted by molar-refractivity contribution is 0.0926. The van der Waals surface area contributed by atoms with E-state index in [1.54, 1.807) is 0 Å². The minimum absolute atomic E-state index is 0.0975. The Morgan fingerprint density at radius 2 is 1.86 bits per heavy atom. The van der Waals surface area contributed by atoms with E-state index < -0.39 is 11.6 Å². The summed E-state index contributed by atoms with van der Waals surface area (Å²) in [4.78, 5) is 13.0. The summed E-state index contributed by atoms with van der Waals surface area (Å²) in [5.74, 6) is -1.36. The van der Waals surface area contributed by atoms with E-state index in [4.69, 9.17) is 0 Å². The number of benzene rings is 1. The highest BCUT2D eigenvalue weighted by Gasteiger charge is 2.29. The Morgan fingerprint density at radius 3 is 2.57 bits per heavy atom. The zero-order chi connectivity index (χ0) is 19.5. The van der Waals surface area contributed by atoms with Crippen LogP contribution in [0.1, 0.15) is 66.9 Å². The summed E-state index contributed by atoms with van der Waals surface area (Å²) in [7, 11) is 0. The lowest BCUT2D eigenvalue weighted by Crippen LogP contribution is -2.37. The van der Waals surface area contributed by atoms with E-state index in [1.165, 1.54) is 29.4 Å². The maximum atomic E-state index is 14.5. The van der Waals surface area contributed by atoms with Gasteiger partial charge in [0.1, 0.15) is 11.5 Å². The van der Waals surface area contributed by atoms with Crippen LogP contribution in [0.5, 0.6) is 0 Å². The Morgan fingerprint density at radius 1 is 1.11 bits per heavy atom. The molecule has 2 heterocycles. The van der Waals surface area contributed by atoms with Crippen LogP contribution in [0.4, 0.5) is 8.78 Å². The molecule has 1 amide bonds. The van der Waals surface area contributed by atoms with E-state index in [9.17, 15) is 13.6 Å². The average molecular weight is 388 g/mol. The van der Waals surface area contributed by atoms with Crippen LogP contribution in [0.25, 0.3) is 5.69 Å². The second-order valence-electron chi connectivity index (χ2n) is 7.78. The van der Waals surface area contributed by atoms with Crippen molar-refractivity contribution in [2.24, 2.45) is 0 Å². The molecule has 1 aliphatic heterocycles. The summed E-state index contributed by atoms with van der Waals surface area (Å²) in [6.07, 6.45) is 8.69. The zero-order valence-corrected chi connectivity index (χ0v) is 15.9. The van der Waals surface area contributed by atoms with Gasteiger partial charge >= 0.3 is 0 Å². The van der Waals surface area contributed by atoms with Gasteiger partial charge in [-0.05, 0) is 50.9 Å². The van der Waals surface area contributed by atoms with Crippen LogP contribution in [0, 0.1) is 11.6 Å². The lowest BCUT2D eigenvalue weighted by Gasteiger charge is -2.26. The number of halogens is 2. The van der Waals surface area contributed by atoms with Crippen molar-refractivity contribution in [3.63, 3.8) is 0 Å². The molecule has 1 aliphatic carbocycles. The van der Waals surface area contributed by atoms with E-state index in [2.05, 4.69) is 15.7 Å². The number of carbonyl (C=O) groups is 1. The third-order valence-electron chi connectivity index (χ3n) is 5.86. The highest BCUT2D eigenvalue weighted by molar-refractivity contribution is 5.95. The molecule has 0 unspecified atom stereocenters. The lowest BCUT2D eigenvalue weighted by atomic mass is 9.91. The van der Waals surface area contributed by atoms with Gasteiger partial charge in [0, 0.05) is 18.0 Å². The smallest absolute Gasteiger partial charge is 0.255 e. The van der Waals surface area contributed by atoms with Crippen molar-refractivity contribution in [3.05, 3.63) is 47.3 Å². The Hall–Kier alpha value is -2.28. The van der Waals surface area contributed by atoms with Gasteiger partial charge in [-0.3, -0.25) is 4.79 Å². The van der Waals surface area contributed by atoms with Gasteiger partial charge in [0.15, 0.2) is 5.82 Å². The molecule has 28 heavy (non-hydrogen) atoms. The number of piperidine rings is 1. The van der Waals surface area contributed by atoms with Crippen molar-refractivity contribution in [3.8, 4) is 5.69 Å². The van der Waals surface area contributed by atoms with Crippen LogP contribution in [-0.2, 0) is 0 Å².